The highest BCUT2D eigenvalue weighted by molar-refractivity contribution is 7.89. The van der Waals surface area contributed by atoms with E-state index in [4.69, 9.17) is 11.6 Å². The molecule has 0 saturated carbocycles. The molecular weight excluding hydrogens is 351 g/mol. The minimum absolute atomic E-state index is 0.0520. The number of rotatable bonds is 4. The minimum Gasteiger partial charge on any atom is -0.207 e. The van der Waals surface area contributed by atoms with Crippen LogP contribution in [-0.4, -0.2) is 8.42 Å². The standard InChI is InChI=1S/C15H13ClF3NO2S/c1-10(11-4-2-5-12(8-11)15(17,18)19)20-23(21,22)14-7-3-6-13(16)9-14/h2-10,20H,1H3/t10-/m1/s1. The van der Waals surface area contributed by atoms with E-state index in [1.54, 1.807) is 0 Å². The Morgan fingerprint density at radius 3 is 2.35 bits per heavy atom. The number of hydrogen-bond acceptors (Lipinski definition) is 2. The van der Waals surface area contributed by atoms with E-state index in [1.807, 2.05) is 0 Å². The molecule has 3 nitrogen and oxygen atoms in total. The highest BCUT2D eigenvalue weighted by atomic mass is 35.5. The summed E-state index contributed by atoms with van der Waals surface area (Å²) in [6.07, 6.45) is -4.48. The number of hydrogen-bond donors (Lipinski definition) is 1. The summed E-state index contributed by atoms with van der Waals surface area (Å²) in [5.41, 5.74) is -0.616. The van der Waals surface area contributed by atoms with Crippen molar-refractivity contribution in [2.75, 3.05) is 0 Å². The molecule has 8 heteroatoms. The Kier molecular flexibility index (Phi) is 5.03. The summed E-state index contributed by atoms with van der Waals surface area (Å²) in [6.45, 7) is 1.47. The van der Waals surface area contributed by atoms with Gasteiger partial charge in [0, 0.05) is 11.1 Å². The van der Waals surface area contributed by atoms with Crippen LogP contribution in [0.4, 0.5) is 13.2 Å². The van der Waals surface area contributed by atoms with Gasteiger partial charge in [-0.3, -0.25) is 0 Å². The second-order valence-electron chi connectivity index (χ2n) is 4.92. The van der Waals surface area contributed by atoms with Gasteiger partial charge in [-0.1, -0.05) is 29.8 Å². The first kappa shape index (κ1) is 17.8. The lowest BCUT2D eigenvalue weighted by molar-refractivity contribution is -0.137. The molecule has 0 heterocycles. The smallest absolute Gasteiger partial charge is 0.207 e. The molecule has 0 fully saturated rings. The van der Waals surface area contributed by atoms with Crippen LogP contribution in [0.25, 0.3) is 0 Å². The summed E-state index contributed by atoms with van der Waals surface area (Å²) in [7, 11) is -3.89. The second kappa shape index (κ2) is 6.51. The van der Waals surface area contributed by atoms with Crippen LogP contribution < -0.4 is 4.72 Å². The number of sulfonamides is 1. The molecule has 0 aromatic heterocycles. The molecule has 0 aliphatic rings. The van der Waals surface area contributed by atoms with Crippen LogP contribution in [0.1, 0.15) is 24.1 Å². The van der Waals surface area contributed by atoms with Crippen LogP contribution in [0, 0.1) is 0 Å². The molecule has 0 amide bonds. The molecule has 0 aliphatic carbocycles. The quantitative estimate of drug-likeness (QED) is 0.875. The zero-order valence-electron chi connectivity index (χ0n) is 11.9. The van der Waals surface area contributed by atoms with E-state index in [-0.39, 0.29) is 15.5 Å². The first-order chi connectivity index (χ1) is 10.6. The molecule has 124 valence electrons. The van der Waals surface area contributed by atoms with Gasteiger partial charge in [0.1, 0.15) is 0 Å². The van der Waals surface area contributed by atoms with Gasteiger partial charge < -0.3 is 0 Å². The van der Waals surface area contributed by atoms with Crippen molar-refractivity contribution in [2.24, 2.45) is 0 Å². The van der Waals surface area contributed by atoms with Crippen LogP contribution in [0.2, 0.25) is 5.02 Å². The van der Waals surface area contributed by atoms with Gasteiger partial charge in [-0.25, -0.2) is 13.1 Å². The van der Waals surface area contributed by atoms with E-state index >= 15 is 0 Å². The Morgan fingerprint density at radius 1 is 1.09 bits per heavy atom. The molecule has 0 unspecified atom stereocenters. The summed E-state index contributed by atoms with van der Waals surface area (Å²) in [4.78, 5) is -0.0520. The Balaban J connectivity index is 2.27. The summed E-state index contributed by atoms with van der Waals surface area (Å²) >= 11 is 5.76. The maximum Gasteiger partial charge on any atom is 0.416 e. The second-order valence-corrected chi connectivity index (χ2v) is 7.07. The van der Waals surface area contributed by atoms with E-state index < -0.39 is 27.8 Å². The molecule has 1 atom stereocenters. The van der Waals surface area contributed by atoms with E-state index in [1.165, 1.54) is 43.3 Å². The fourth-order valence-electron chi connectivity index (χ4n) is 1.99. The fourth-order valence-corrected chi connectivity index (χ4v) is 3.52. The van der Waals surface area contributed by atoms with Gasteiger partial charge >= 0.3 is 6.18 Å². The van der Waals surface area contributed by atoms with Crippen molar-refractivity contribution >= 4 is 21.6 Å². The lowest BCUT2D eigenvalue weighted by Gasteiger charge is -2.16. The lowest BCUT2D eigenvalue weighted by Crippen LogP contribution is -2.27. The van der Waals surface area contributed by atoms with E-state index in [2.05, 4.69) is 4.72 Å². The third-order valence-corrected chi connectivity index (χ3v) is 4.93. The predicted octanol–water partition coefficient (Wildman–Crippen LogP) is 4.40. The average molecular weight is 364 g/mol. The average Bonchev–Trinajstić information content (AvgIpc) is 2.46. The zero-order valence-corrected chi connectivity index (χ0v) is 13.5. The molecule has 2 rings (SSSR count). The van der Waals surface area contributed by atoms with Crippen LogP contribution in [0.3, 0.4) is 0 Å². The normalized spacial score (nSPS) is 13.8. The van der Waals surface area contributed by atoms with Gasteiger partial charge in [0.15, 0.2) is 0 Å². The SMILES string of the molecule is C[C@@H](NS(=O)(=O)c1cccc(Cl)c1)c1cccc(C(F)(F)F)c1. The molecule has 23 heavy (non-hydrogen) atoms. The van der Waals surface area contributed by atoms with Crippen molar-refractivity contribution in [3.8, 4) is 0 Å². The topological polar surface area (TPSA) is 46.2 Å². The van der Waals surface area contributed by atoms with Crippen LogP contribution in [0.15, 0.2) is 53.4 Å². The molecule has 0 aliphatic heterocycles. The van der Waals surface area contributed by atoms with Gasteiger partial charge in [-0.2, -0.15) is 13.2 Å². The lowest BCUT2D eigenvalue weighted by atomic mass is 10.1. The van der Waals surface area contributed by atoms with Crippen molar-refractivity contribution in [1.29, 1.82) is 0 Å². The van der Waals surface area contributed by atoms with Crippen LogP contribution in [0.5, 0.6) is 0 Å². The van der Waals surface area contributed by atoms with Crippen LogP contribution in [-0.2, 0) is 16.2 Å². The first-order valence-electron chi connectivity index (χ1n) is 6.54. The molecule has 0 radical (unpaired) electrons. The Labute approximate surface area is 137 Å². The van der Waals surface area contributed by atoms with Gasteiger partial charge in [0.25, 0.3) is 0 Å². The highest BCUT2D eigenvalue weighted by Crippen LogP contribution is 2.31. The van der Waals surface area contributed by atoms with Crippen molar-refractivity contribution in [1.82, 2.24) is 4.72 Å². The van der Waals surface area contributed by atoms with Crippen molar-refractivity contribution in [2.45, 2.75) is 24.0 Å². The third-order valence-electron chi connectivity index (χ3n) is 3.15. The first-order valence-corrected chi connectivity index (χ1v) is 8.41. The molecule has 0 saturated heterocycles. The highest BCUT2D eigenvalue weighted by Gasteiger charge is 2.31. The van der Waals surface area contributed by atoms with Crippen molar-refractivity contribution < 1.29 is 21.6 Å². The number of benzene rings is 2. The molecule has 0 spiro atoms. The Bertz CT molecular complexity index is 806. The summed E-state index contributed by atoms with van der Waals surface area (Å²) in [5.74, 6) is 0. The third kappa shape index (κ3) is 4.46. The van der Waals surface area contributed by atoms with Crippen molar-refractivity contribution in [3.63, 3.8) is 0 Å². The predicted molar refractivity (Wildman–Crippen MR) is 81.6 cm³/mol. The molecule has 1 N–H and O–H groups in total. The minimum atomic E-state index is -4.48. The van der Waals surface area contributed by atoms with Gasteiger partial charge in [0.05, 0.1) is 10.5 Å². The van der Waals surface area contributed by atoms with Gasteiger partial charge in [-0.05, 0) is 42.8 Å². The zero-order chi connectivity index (χ0) is 17.3. The van der Waals surface area contributed by atoms with Crippen LogP contribution >= 0.6 is 11.6 Å². The molecule has 2 aromatic carbocycles. The molecule has 0 bridgehead atoms. The number of alkyl halides is 3. The summed E-state index contributed by atoms with van der Waals surface area (Å²) < 4.78 is 65.0. The monoisotopic (exact) mass is 363 g/mol. The van der Waals surface area contributed by atoms with E-state index in [0.717, 1.165) is 12.1 Å². The Hall–Kier alpha value is -1.57. The summed E-state index contributed by atoms with van der Waals surface area (Å²) in [6, 6.07) is 9.31. The largest absolute Gasteiger partial charge is 0.416 e. The van der Waals surface area contributed by atoms with Gasteiger partial charge in [0.2, 0.25) is 10.0 Å². The maximum atomic E-state index is 12.7. The number of halogens is 4. The fraction of sp³-hybridized carbons (Fsp3) is 0.200. The van der Waals surface area contributed by atoms with Gasteiger partial charge in [-0.15, -0.1) is 0 Å². The Morgan fingerprint density at radius 2 is 1.74 bits per heavy atom. The van der Waals surface area contributed by atoms with E-state index in [9.17, 15) is 21.6 Å². The van der Waals surface area contributed by atoms with E-state index in [0.29, 0.717) is 0 Å². The number of nitrogens with one attached hydrogen (secondary N) is 1. The maximum absolute atomic E-state index is 12.7. The van der Waals surface area contributed by atoms with Crippen molar-refractivity contribution in [3.05, 3.63) is 64.7 Å². The molecule has 2 aromatic rings. The molecular formula is C15H13ClF3NO2S. The summed E-state index contributed by atoms with van der Waals surface area (Å²) in [5, 5.41) is 0.250.